The lowest BCUT2D eigenvalue weighted by Gasteiger charge is -2.15. The molecule has 0 bridgehead atoms. The van der Waals surface area contributed by atoms with E-state index < -0.39 is 15.8 Å². The Morgan fingerprint density at radius 1 is 1.14 bits per heavy atom. The molecule has 0 unspecified atom stereocenters. The maximum Gasteiger partial charge on any atom is 0.262 e. The van der Waals surface area contributed by atoms with E-state index in [2.05, 4.69) is 14.7 Å². The lowest BCUT2D eigenvalue weighted by Crippen LogP contribution is -2.20. The van der Waals surface area contributed by atoms with E-state index >= 15 is 0 Å². The fourth-order valence-corrected chi connectivity index (χ4v) is 3.36. The van der Waals surface area contributed by atoms with Crippen LogP contribution >= 0.6 is 0 Å². The second-order valence-corrected chi connectivity index (χ2v) is 6.71. The molecular weight excluding hydrogens is 307 g/mol. The van der Waals surface area contributed by atoms with Crippen LogP contribution in [0.4, 0.5) is 16.0 Å². The minimum atomic E-state index is -3.85. The number of benzene rings is 1. The summed E-state index contributed by atoms with van der Waals surface area (Å²) in [6.45, 7) is 1.82. The zero-order valence-corrected chi connectivity index (χ0v) is 12.6. The number of hydrogen-bond acceptors (Lipinski definition) is 5. The van der Waals surface area contributed by atoms with E-state index in [1.165, 1.54) is 30.6 Å². The maximum atomic E-state index is 13.1. The molecule has 0 amide bonds. The van der Waals surface area contributed by atoms with Gasteiger partial charge < -0.3 is 4.90 Å². The number of rotatable bonds is 4. The highest BCUT2D eigenvalue weighted by Gasteiger charge is 2.17. The van der Waals surface area contributed by atoms with Crippen LogP contribution in [0.2, 0.25) is 0 Å². The van der Waals surface area contributed by atoms with Gasteiger partial charge in [-0.1, -0.05) is 6.07 Å². The third kappa shape index (κ3) is 3.16. The van der Waals surface area contributed by atoms with Gasteiger partial charge in [-0.05, 0) is 31.0 Å². The van der Waals surface area contributed by atoms with E-state index in [-0.39, 0.29) is 10.6 Å². The summed E-state index contributed by atoms with van der Waals surface area (Å²) in [6, 6.07) is 4.82. The molecule has 6 nitrogen and oxygen atoms in total. The van der Waals surface area contributed by atoms with Crippen molar-refractivity contribution >= 4 is 21.7 Å². The molecule has 0 radical (unpaired) electrons. The Morgan fingerprint density at radius 3 is 2.45 bits per heavy atom. The molecule has 0 spiro atoms. The molecule has 0 atom stereocenters. The average molecular weight is 322 g/mol. The van der Waals surface area contributed by atoms with Gasteiger partial charge in [-0.2, -0.15) is 0 Å². The molecule has 1 aliphatic rings. The number of nitrogens with one attached hydrogen (secondary N) is 1. The summed E-state index contributed by atoms with van der Waals surface area (Å²) in [5.74, 6) is -0.0188. The molecule has 2 heterocycles. The molecule has 1 aromatic heterocycles. The van der Waals surface area contributed by atoms with Crippen LogP contribution < -0.4 is 9.62 Å². The van der Waals surface area contributed by atoms with Gasteiger partial charge in [-0.15, -0.1) is 0 Å². The van der Waals surface area contributed by atoms with Crippen LogP contribution in [0, 0.1) is 5.82 Å². The first kappa shape index (κ1) is 14.7. The van der Waals surface area contributed by atoms with Crippen molar-refractivity contribution in [2.24, 2.45) is 0 Å². The Labute approximate surface area is 128 Å². The predicted octanol–water partition coefficient (Wildman–Crippen LogP) is 2.02. The van der Waals surface area contributed by atoms with Crippen molar-refractivity contribution in [2.45, 2.75) is 17.7 Å². The van der Waals surface area contributed by atoms with E-state index in [0.29, 0.717) is 5.95 Å². The first-order valence-corrected chi connectivity index (χ1v) is 8.38. The minimum Gasteiger partial charge on any atom is -0.341 e. The molecule has 1 saturated heterocycles. The number of nitrogens with zero attached hydrogens (tertiary/aromatic N) is 3. The van der Waals surface area contributed by atoms with Crippen molar-refractivity contribution < 1.29 is 12.8 Å². The van der Waals surface area contributed by atoms with Crippen LogP contribution in [-0.4, -0.2) is 31.5 Å². The van der Waals surface area contributed by atoms with Crippen LogP contribution in [0.15, 0.2) is 41.6 Å². The summed E-state index contributed by atoms with van der Waals surface area (Å²) in [4.78, 5) is 10.2. The summed E-state index contributed by atoms with van der Waals surface area (Å²) in [5, 5.41) is 0. The van der Waals surface area contributed by atoms with Gasteiger partial charge in [0.2, 0.25) is 5.95 Å². The topological polar surface area (TPSA) is 75.2 Å². The van der Waals surface area contributed by atoms with E-state index in [1.807, 2.05) is 4.90 Å². The summed E-state index contributed by atoms with van der Waals surface area (Å²) in [7, 11) is -3.85. The maximum absolute atomic E-state index is 13.1. The highest BCUT2D eigenvalue weighted by atomic mass is 32.2. The second-order valence-electron chi connectivity index (χ2n) is 5.03. The molecule has 1 N–H and O–H groups in total. The number of aromatic nitrogens is 2. The Bertz CT molecular complexity index is 759. The Morgan fingerprint density at radius 2 is 1.82 bits per heavy atom. The van der Waals surface area contributed by atoms with E-state index in [9.17, 15) is 12.8 Å². The average Bonchev–Trinajstić information content (AvgIpc) is 3.02. The fraction of sp³-hybridized carbons (Fsp3) is 0.286. The van der Waals surface area contributed by atoms with Gasteiger partial charge >= 0.3 is 0 Å². The van der Waals surface area contributed by atoms with Crippen molar-refractivity contribution in [3.8, 4) is 0 Å². The second kappa shape index (κ2) is 5.88. The van der Waals surface area contributed by atoms with Gasteiger partial charge in [-0.3, -0.25) is 4.72 Å². The molecular formula is C14H15FN4O2S. The van der Waals surface area contributed by atoms with Crippen molar-refractivity contribution in [3.05, 3.63) is 42.5 Å². The third-order valence-electron chi connectivity index (χ3n) is 3.39. The largest absolute Gasteiger partial charge is 0.341 e. The quantitative estimate of drug-likeness (QED) is 0.932. The smallest absolute Gasteiger partial charge is 0.262 e. The number of hydrogen-bond donors (Lipinski definition) is 1. The molecule has 3 rings (SSSR count). The van der Waals surface area contributed by atoms with Gasteiger partial charge in [0, 0.05) is 13.1 Å². The zero-order chi connectivity index (χ0) is 15.6. The lowest BCUT2D eigenvalue weighted by atomic mass is 10.4. The van der Waals surface area contributed by atoms with E-state index in [1.54, 1.807) is 0 Å². The predicted molar refractivity (Wildman–Crippen MR) is 80.7 cm³/mol. The fourth-order valence-electron chi connectivity index (χ4n) is 2.30. The zero-order valence-electron chi connectivity index (χ0n) is 11.7. The molecule has 0 saturated carbocycles. The summed E-state index contributed by atoms with van der Waals surface area (Å²) < 4.78 is 39.8. The molecule has 1 aliphatic heterocycles. The molecule has 2 aromatic rings. The Balaban J connectivity index is 1.77. The first-order valence-electron chi connectivity index (χ1n) is 6.90. The Hall–Kier alpha value is -2.22. The molecule has 0 aliphatic carbocycles. The van der Waals surface area contributed by atoms with Crippen LogP contribution in [0.5, 0.6) is 0 Å². The molecule has 1 fully saturated rings. The van der Waals surface area contributed by atoms with Crippen LogP contribution in [0.1, 0.15) is 12.8 Å². The number of sulfonamides is 1. The lowest BCUT2D eigenvalue weighted by molar-refractivity contribution is 0.595. The van der Waals surface area contributed by atoms with Crippen molar-refractivity contribution in [3.63, 3.8) is 0 Å². The number of halogens is 1. The van der Waals surface area contributed by atoms with Crippen LogP contribution in [-0.2, 0) is 10.0 Å². The van der Waals surface area contributed by atoms with Crippen molar-refractivity contribution in [1.82, 2.24) is 9.97 Å². The van der Waals surface area contributed by atoms with E-state index in [0.717, 1.165) is 32.0 Å². The molecule has 8 heteroatoms. The van der Waals surface area contributed by atoms with Crippen molar-refractivity contribution in [2.75, 3.05) is 22.7 Å². The molecule has 22 heavy (non-hydrogen) atoms. The van der Waals surface area contributed by atoms with Crippen LogP contribution in [0.25, 0.3) is 0 Å². The Kier molecular flexibility index (Phi) is 3.93. The monoisotopic (exact) mass is 322 g/mol. The summed E-state index contributed by atoms with van der Waals surface area (Å²) >= 11 is 0. The minimum absolute atomic E-state index is 0.142. The standard InChI is InChI=1S/C14H15FN4O2S/c15-11-4-3-5-13(8-11)22(20,21)18-12-9-16-14(17-10-12)19-6-1-2-7-19/h3-5,8-10,18H,1-2,6-7H2. The first-order chi connectivity index (χ1) is 10.5. The van der Waals surface area contributed by atoms with Gasteiger partial charge in [-0.25, -0.2) is 22.8 Å². The summed E-state index contributed by atoms with van der Waals surface area (Å²) in [5.41, 5.74) is 0.243. The van der Waals surface area contributed by atoms with E-state index in [4.69, 9.17) is 0 Å². The van der Waals surface area contributed by atoms with Crippen molar-refractivity contribution in [1.29, 1.82) is 0 Å². The highest BCUT2D eigenvalue weighted by molar-refractivity contribution is 7.92. The SMILES string of the molecule is O=S(=O)(Nc1cnc(N2CCCC2)nc1)c1cccc(F)c1. The third-order valence-corrected chi connectivity index (χ3v) is 4.76. The number of anilines is 2. The molecule has 116 valence electrons. The van der Waals surface area contributed by atoms with Gasteiger partial charge in [0.25, 0.3) is 10.0 Å². The van der Waals surface area contributed by atoms with Gasteiger partial charge in [0.1, 0.15) is 5.82 Å². The summed E-state index contributed by atoms with van der Waals surface area (Å²) in [6.07, 6.45) is 5.05. The van der Waals surface area contributed by atoms with Gasteiger partial charge in [0.15, 0.2) is 0 Å². The normalized spacial score (nSPS) is 15.0. The van der Waals surface area contributed by atoms with Crippen LogP contribution in [0.3, 0.4) is 0 Å². The molecule has 1 aromatic carbocycles. The van der Waals surface area contributed by atoms with Gasteiger partial charge in [0.05, 0.1) is 23.0 Å². The highest BCUT2D eigenvalue weighted by Crippen LogP contribution is 2.19.